The average Bonchev–Trinajstić information content (AvgIpc) is 3.03. The standard InChI is InChI=1S/C19H23N5O3/c1-12-16-13(2)23(15-8-6-5-7-9-15)22-17(16)19(26)24(21-12)14(3)18(25)20-10-11-27-4/h5-9,14H,10-11H2,1-4H3,(H,20,25)/t14-/m1/s1. The molecule has 0 fully saturated rings. The van der Waals surface area contributed by atoms with Gasteiger partial charge in [0, 0.05) is 13.7 Å². The highest BCUT2D eigenvalue weighted by atomic mass is 16.5. The molecule has 3 aromatic rings. The van der Waals surface area contributed by atoms with E-state index in [0.29, 0.717) is 29.7 Å². The van der Waals surface area contributed by atoms with Crippen LogP contribution in [0.1, 0.15) is 24.4 Å². The number of carbonyl (C=O) groups is 1. The number of hydrogen-bond acceptors (Lipinski definition) is 5. The number of rotatable bonds is 6. The molecule has 0 saturated heterocycles. The van der Waals surface area contributed by atoms with E-state index in [9.17, 15) is 9.59 Å². The van der Waals surface area contributed by atoms with E-state index >= 15 is 0 Å². The minimum absolute atomic E-state index is 0.292. The highest BCUT2D eigenvalue weighted by Gasteiger charge is 2.22. The monoisotopic (exact) mass is 369 g/mol. The molecule has 8 heteroatoms. The summed E-state index contributed by atoms with van der Waals surface area (Å²) >= 11 is 0. The fourth-order valence-electron chi connectivity index (χ4n) is 3.07. The summed E-state index contributed by atoms with van der Waals surface area (Å²) < 4.78 is 7.85. The fourth-order valence-corrected chi connectivity index (χ4v) is 3.07. The molecule has 0 aliphatic carbocycles. The van der Waals surface area contributed by atoms with E-state index in [1.165, 1.54) is 4.68 Å². The van der Waals surface area contributed by atoms with Crippen molar-refractivity contribution in [2.24, 2.45) is 0 Å². The van der Waals surface area contributed by atoms with Gasteiger partial charge in [0.15, 0.2) is 5.52 Å². The van der Waals surface area contributed by atoms with Gasteiger partial charge in [-0.3, -0.25) is 9.59 Å². The molecule has 2 aromatic heterocycles. The van der Waals surface area contributed by atoms with Crippen LogP contribution < -0.4 is 10.9 Å². The number of fused-ring (bicyclic) bond motifs is 1. The van der Waals surface area contributed by atoms with Crippen LogP contribution in [0.15, 0.2) is 35.1 Å². The van der Waals surface area contributed by atoms with Crippen molar-refractivity contribution in [3.63, 3.8) is 0 Å². The van der Waals surface area contributed by atoms with Crippen molar-refractivity contribution in [3.8, 4) is 5.69 Å². The number of benzene rings is 1. The molecule has 0 bridgehead atoms. The Morgan fingerprint density at radius 2 is 1.93 bits per heavy atom. The van der Waals surface area contributed by atoms with Crippen molar-refractivity contribution in [1.82, 2.24) is 24.9 Å². The molecule has 0 spiro atoms. The Labute approximate surface area is 156 Å². The van der Waals surface area contributed by atoms with Crippen molar-refractivity contribution in [3.05, 3.63) is 52.1 Å². The zero-order valence-corrected chi connectivity index (χ0v) is 15.9. The summed E-state index contributed by atoms with van der Waals surface area (Å²) in [5.41, 5.74) is 2.27. The summed E-state index contributed by atoms with van der Waals surface area (Å²) in [6.45, 7) is 6.14. The Morgan fingerprint density at radius 1 is 1.22 bits per heavy atom. The van der Waals surface area contributed by atoms with Gasteiger partial charge in [0.25, 0.3) is 5.56 Å². The van der Waals surface area contributed by atoms with Crippen LogP contribution in [0.2, 0.25) is 0 Å². The predicted molar refractivity (Wildman–Crippen MR) is 102 cm³/mol. The number of nitrogens with zero attached hydrogens (tertiary/aromatic N) is 4. The number of aryl methyl sites for hydroxylation is 2. The third-order valence-electron chi connectivity index (χ3n) is 4.50. The van der Waals surface area contributed by atoms with Gasteiger partial charge in [-0.1, -0.05) is 18.2 Å². The lowest BCUT2D eigenvalue weighted by molar-refractivity contribution is -0.124. The molecule has 3 rings (SSSR count). The first-order valence-electron chi connectivity index (χ1n) is 8.76. The van der Waals surface area contributed by atoms with Gasteiger partial charge >= 0.3 is 0 Å². The molecule has 0 radical (unpaired) electrons. The molecule has 1 atom stereocenters. The molecular weight excluding hydrogens is 346 g/mol. The van der Waals surface area contributed by atoms with Crippen LogP contribution in [-0.4, -0.2) is 45.7 Å². The SMILES string of the molecule is COCCNC(=O)[C@@H](C)n1nc(C)c2c(C)n(-c3ccccc3)nc2c1=O. The largest absolute Gasteiger partial charge is 0.383 e. The Bertz CT molecular complexity index is 1020. The summed E-state index contributed by atoms with van der Waals surface area (Å²) in [5.74, 6) is -0.292. The molecule has 1 amide bonds. The smallest absolute Gasteiger partial charge is 0.295 e. The normalized spacial score (nSPS) is 12.3. The van der Waals surface area contributed by atoms with Gasteiger partial charge in [-0.2, -0.15) is 10.2 Å². The zero-order chi connectivity index (χ0) is 19.6. The van der Waals surface area contributed by atoms with E-state index in [4.69, 9.17) is 4.74 Å². The summed E-state index contributed by atoms with van der Waals surface area (Å²) in [5, 5.41) is 12.3. The highest BCUT2D eigenvalue weighted by Crippen LogP contribution is 2.21. The average molecular weight is 369 g/mol. The van der Waals surface area contributed by atoms with Gasteiger partial charge in [-0.05, 0) is 32.9 Å². The van der Waals surface area contributed by atoms with Crippen molar-refractivity contribution < 1.29 is 9.53 Å². The first-order chi connectivity index (χ1) is 13.0. The molecule has 1 aromatic carbocycles. The molecule has 0 aliphatic heterocycles. The molecule has 8 nitrogen and oxygen atoms in total. The Morgan fingerprint density at radius 3 is 2.59 bits per heavy atom. The molecular formula is C19H23N5O3. The first-order valence-corrected chi connectivity index (χ1v) is 8.76. The molecule has 0 unspecified atom stereocenters. The van der Waals surface area contributed by atoms with Crippen LogP contribution in [0, 0.1) is 13.8 Å². The van der Waals surface area contributed by atoms with Gasteiger partial charge in [-0.25, -0.2) is 9.36 Å². The fraction of sp³-hybridized carbons (Fsp3) is 0.368. The first kappa shape index (κ1) is 18.8. The van der Waals surface area contributed by atoms with Gasteiger partial charge in [0.2, 0.25) is 5.91 Å². The minimum atomic E-state index is -0.750. The number of hydrogen-bond donors (Lipinski definition) is 1. The van der Waals surface area contributed by atoms with E-state index in [0.717, 1.165) is 11.4 Å². The Hall–Kier alpha value is -3.00. The van der Waals surface area contributed by atoms with Crippen LogP contribution in [-0.2, 0) is 9.53 Å². The van der Waals surface area contributed by atoms with E-state index in [1.807, 2.05) is 44.2 Å². The van der Waals surface area contributed by atoms with Crippen molar-refractivity contribution in [2.75, 3.05) is 20.3 Å². The van der Waals surface area contributed by atoms with Crippen molar-refractivity contribution in [1.29, 1.82) is 0 Å². The molecule has 2 heterocycles. The van der Waals surface area contributed by atoms with E-state index < -0.39 is 6.04 Å². The van der Waals surface area contributed by atoms with Crippen LogP contribution in [0.5, 0.6) is 0 Å². The van der Waals surface area contributed by atoms with Gasteiger partial charge in [-0.15, -0.1) is 0 Å². The highest BCUT2D eigenvalue weighted by molar-refractivity contribution is 5.84. The second-order valence-electron chi connectivity index (χ2n) is 6.35. The lowest BCUT2D eigenvalue weighted by Crippen LogP contribution is -2.38. The maximum absolute atomic E-state index is 13.0. The van der Waals surface area contributed by atoms with Crippen LogP contribution in [0.25, 0.3) is 16.6 Å². The van der Waals surface area contributed by atoms with E-state index in [1.54, 1.807) is 18.7 Å². The number of ether oxygens (including phenoxy) is 1. The van der Waals surface area contributed by atoms with Gasteiger partial charge in [0.05, 0.1) is 29.1 Å². The number of aromatic nitrogens is 4. The third kappa shape index (κ3) is 3.48. The molecule has 27 heavy (non-hydrogen) atoms. The second kappa shape index (κ2) is 7.71. The number of carbonyl (C=O) groups excluding carboxylic acids is 1. The summed E-state index contributed by atoms with van der Waals surface area (Å²) in [6, 6.07) is 8.84. The lowest BCUT2D eigenvalue weighted by Gasteiger charge is -2.14. The molecule has 0 aliphatic rings. The summed E-state index contributed by atoms with van der Waals surface area (Å²) in [4.78, 5) is 25.3. The quantitative estimate of drug-likeness (QED) is 0.665. The summed E-state index contributed by atoms with van der Waals surface area (Å²) in [7, 11) is 1.56. The number of para-hydroxylation sites is 1. The number of methoxy groups -OCH3 is 1. The maximum atomic E-state index is 13.0. The molecule has 0 saturated carbocycles. The number of amides is 1. The van der Waals surface area contributed by atoms with E-state index in [2.05, 4.69) is 15.5 Å². The maximum Gasteiger partial charge on any atom is 0.295 e. The van der Waals surface area contributed by atoms with Crippen LogP contribution in [0.4, 0.5) is 0 Å². The number of nitrogens with one attached hydrogen (secondary N) is 1. The van der Waals surface area contributed by atoms with Crippen LogP contribution in [0.3, 0.4) is 0 Å². The van der Waals surface area contributed by atoms with Crippen molar-refractivity contribution >= 4 is 16.8 Å². The Balaban J connectivity index is 2.06. The summed E-state index contributed by atoms with van der Waals surface area (Å²) in [6.07, 6.45) is 0. The van der Waals surface area contributed by atoms with Gasteiger partial charge in [0.1, 0.15) is 6.04 Å². The topological polar surface area (TPSA) is 91.0 Å². The molecule has 142 valence electrons. The van der Waals surface area contributed by atoms with E-state index in [-0.39, 0.29) is 11.5 Å². The zero-order valence-electron chi connectivity index (χ0n) is 15.9. The predicted octanol–water partition coefficient (Wildman–Crippen LogP) is 1.52. The minimum Gasteiger partial charge on any atom is -0.383 e. The Kier molecular flexibility index (Phi) is 5.36. The lowest BCUT2D eigenvalue weighted by atomic mass is 10.2. The molecule has 1 N–H and O–H groups in total. The second-order valence-corrected chi connectivity index (χ2v) is 6.35. The third-order valence-corrected chi connectivity index (χ3v) is 4.50. The van der Waals surface area contributed by atoms with Crippen molar-refractivity contribution in [2.45, 2.75) is 26.8 Å². The van der Waals surface area contributed by atoms with Crippen LogP contribution >= 0.6 is 0 Å². The van der Waals surface area contributed by atoms with Gasteiger partial charge < -0.3 is 10.1 Å².